The van der Waals surface area contributed by atoms with E-state index in [4.69, 9.17) is 10.2 Å². The van der Waals surface area contributed by atoms with E-state index in [0.717, 1.165) is 5.56 Å². The topological polar surface area (TPSA) is 85.3 Å². The first-order chi connectivity index (χ1) is 12.1. The van der Waals surface area contributed by atoms with Crippen LogP contribution in [-0.2, 0) is 4.79 Å². The van der Waals surface area contributed by atoms with E-state index in [-0.39, 0.29) is 11.7 Å². The largest absolute Gasteiger partial charge is 0.449 e. The molecule has 0 aliphatic rings. The molecule has 0 spiro atoms. The normalized spacial score (nSPS) is 11.0. The van der Waals surface area contributed by atoms with E-state index in [2.05, 4.69) is 5.32 Å². The molecule has 0 atom stereocenters. The summed E-state index contributed by atoms with van der Waals surface area (Å²) in [5.74, 6) is -0.948. The van der Waals surface area contributed by atoms with Gasteiger partial charge in [-0.1, -0.05) is 54.6 Å². The first-order valence-electron chi connectivity index (χ1n) is 7.98. The SMILES string of the molecule is NC(=O)c1oc2ccccc2c1NC(=O)CCC=Cc1ccccc1. The second-order valence-electron chi connectivity index (χ2n) is 5.57. The van der Waals surface area contributed by atoms with Crippen molar-refractivity contribution in [3.63, 3.8) is 0 Å². The van der Waals surface area contributed by atoms with Gasteiger partial charge in [-0.25, -0.2) is 0 Å². The van der Waals surface area contributed by atoms with E-state index in [0.29, 0.717) is 29.5 Å². The molecular weight excluding hydrogens is 316 g/mol. The Bertz CT molecular complexity index is 927. The minimum atomic E-state index is -0.713. The Morgan fingerprint density at radius 3 is 2.52 bits per heavy atom. The maximum atomic E-state index is 12.2. The summed E-state index contributed by atoms with van der Waals surface area (Å²) < 4.78 is 5.44. The Morgan fingerprint density at radius 1 is 1.04 bits per heavy atom. The molecule has 0 saturated heterocycles. The predicted molar refractivity (Wildman–Crippen MR) is 98.1 cm³/mol. The smallest absolute Gasteiger partial charge is 0.286 e. The minimum Gasteiger partial charge on any atom is -0.449 e. The molecule has 0 aliphatic heterocycles. The number of anilines is 1. The number of primary amides is 1. The zero-order valence-corrected chi connectivity index (χ0v) is 13.6. The van der Waals surface area contributed by atoms with Crippen molar-refractivity contribution in [3.05, 3.63) is 72.0 Å². The van der Waals surface area contributed by atoms with Crippen LogP contribution in [0.25, 0.3) is 17.0 Å². The number of carbonyl (C=O) groups excluding carboxylic acids is 2. The Morgan fingerprint density at radius 2 is 1.76 bits per heavy atom. The quantitative estimate of drug-likeness (QED) is 0.715. The van der Waals surface area contributed by atoms with Crippen LogP contribution in [0, 0.1) is 0 Å². The van der Waals surface area contributed by atoms with Crippen LogP contribution in [0.2, 0.25) is 0 Å². The van der Waals surface area contributed by atoms with Gasteiger partial charge in [-0.05, 0) is 24.1 Å². The molecule has 5 nitrogen and oxygen atoms in total. The average molecular weight is 334 g/mol. The number of carbonyl (C=O) groups is 2. The number of benzene rings is 2. The fourth-order valence-corrected chi connectivity index (χ4v) is 2.54. The van der Waals surface area contributed by atoms with E-state index in [1.165, 1.54) is 0 Å². The Kier molecular flexibility index (Phi) is 4.95. The van der Waals surface area contributed by atoms with Gasteiger partial charge in [-0.2, -0.15) is 0 Å². The minimum absolute atomic E-state index is 0.0330. The van der Waals surface area contributed by atoms with E-state index in [9.17, 15) is 9.59 Å². The molecule has 25 heavy (non-hydrogen) atoms. The van der Waals surface area contributed by atoms with E-state index < -0.39 is 5.91 Å². The third-order valence-electron chi connectivity index (χ3n) is 3.73. The van der Waals surface area contributed by atoms with Gasteiger partial charge in [0.05, 0.1) is 0 Å². The fraction of sp³-hybridized carbons (Fsp3) is 0.100. The van der Waals surface area contributed by atoms with Gasteiger partial charge in [0.1, 0.15) is 11.3 Å². The number of hydrogen-bond acceptors (Lipinski definition) is 3. The van der Waals surface area contributed by atoms with Crippen molar-refractivity contribution < 1.29 is 14.0 Å². The zero-order chi connectivity index (χ0) is 17.6. The summed E-state index contributed by atoms with van der Waals surface area (Å²) in [6.45, 7) is 0. The van der Waals surface area contributed by atoms with Crippen molar-refractivity contribution in [1.29, 1.82) is 0 Å². The molecule has 0 bridgehead atoms. The number of hydrogen-bond donors (Lipinski definition) is 2. The lowest BCUT2D eigenvalue weighted by Gasteiger charge is -2.03. The second-order valence-corrected chi connectivity index (χ2v) is 5.57. The number of nitrogens with one attached hydrogen (secondary N) is 1. The highest BCUT2D eigenvalue weighted by Crippen LogP contribution is 2.30. The molecular formula is C20H18N2O3. The number of allylic oxidation sites excluding steroid dienone is 1. The van der Waals surface area contributed by atoms with Gasteiger partial charge in [-0.15, -0.1) is 0 Å². The fourth-order valence-electron chi connectivity index (χ4n) is 2.54. The molecule has 0 fully saturated rings. The summed E-state index contributed by atoms with van der Waals surface area (Å²) in [5.41, 5.74) is 7.27. The molecule has 5 heteroatoms. The third-order valence-corrected chi connectivity index (χ3v) is 3.73. The molecule has 0 unspecified atom stereocenters. The van der Waals surface area contributed by atoms with Gasteiger partial charge in [0.15, 0.2) is 0 Å². The van der Waals surface area contributed by atoms with E-state index in [1.807, 2.05) is 42.5 Å². The lowest BCUT2D eigenvalue weighted by molar-refractivity contribution is -0.116. The molecule has 0 aliphatic carbocycles. The van der Waals surface area contributed by atoms with Gasteiger partial charge < -0.3 is 15.5 Å². The maximum absolute atomic E-state index is 12.2. The lowest BCUT2D eigenvalue weighted by atomic mass is 10.1. The molecule has 2 aromatic carbocycles. The standard InChI is InChI=1S/C20H18N2O3/c21-20(24)19-18(15-11-5-6-12-16(15)25-19)22-17(23)13-7-4-10-14-8-2-1-3-9-14/h1-6,8-12H,7,13H2,(H2,21,24)(H,22,23). The van der Waals surface area contributed by atoms with Gasteiger partial charge >= 0.3 is 0 Å². The number of para-hydroxylation sites is 1. The summed E-state index contributed by atoms with van der Waals surface area (Å²) in [7, 11) is 0. The number of fused-ring (bicyclic) bond motifs is 1. The summed E-state index contributed by atoms with van der Waals surface area (Å²) in [6, 6.07) is 17.0. The molecule has 3 rings (SSSR count). The van der Waals surface area contributed by atoms with Crippen molar-refractivity contribution in [2.75, 3.05) is 5.32 Å². The van der Waals surface area contributed by atoms with Crippen LogP contribution in [0.4, 0.5) is 5.69 Å². The van der Waals surface area contributed by atoms with Gasteiger partial charge in [0, 0.05) is 11.8 Å². The van der Waals surface area contributed by atoms with E-state index in [1.54, 1.807) is 24.3 Å². The van der Waals surface area contributed by atoms with Crippen LogP contribution in [0.1, 0.15) is 29.0 Å². The lowest BCUT2D eigenvalue weighted by Crippen LogP contribution is -2.16. The number of nitrogens with two attached hydrogens (primary N) is 1. The summed E-state index contributed by atoms with van der Waals surface area (Å²) in [5, 5.41) is 3.40. The molecule has 2 amide bonds. The van der Waals surface area contributed by atoms with Crippen molar-refractivity contribution in [3.8, 4) is 0 Å². The molecule has 1 aromatic heterocycles. The molecule has 1 heterocycles. The van der Waals surface area contributed by atoms with Crippen molar-refractivity contribution in [2.24, 2.45) is 5.73 Å². The van der Waals surface area contributed by atoms with Gasteiger partial charge in [-0.3, -0.25) is 9.59 Å². The monoisotopic (exact) mass is 334 g/mol. The first-order valence-corrected chi connectivity index (χ1v) is 7.98. The van der Waals surface area contributed by atoms with Gasteiger partial charge in [0.25, 0.3) is 5.91 Å². The second kappa shape index (κ2) is 7.49. The molecule has 126 valence electrons. The van der Waals surface area contributed by atoms with Crippen LogP contribution in [0.15, 0.2) is 65.1 Å². The first kappa shape index (κ1) is 16.5. The zero-order valence-electron chi connectivity index (χ0n) is 13.6. The van der Waals surface area contributed by atoms with Crippen LogP contribution in [0.5, 0.6) is 0 Å². The molecule has 3 N–H and O–H groups in total. The number of rotatable bonds is 6. The van der Waals surface area contributed by atoms with Crippen molar-refractivity contribution >= 4 is 34.5 Å². The van der Waals surface area contributed by atoms with Crippen molar-refractivity contribution in [2.45, 2.75) is 12.8 Å². The third kappa shape index (κ3) is 3.95. The van der Waals surface area contributed by atoms with Crippen LogP contribution >= 0.6 is 0 Å². The average Bonchev–Trinajstić information content (AvgIpc) is 2.99. The molecule has 0 radical (unpaired) electrons. The van der Waals surface area contributed by atoms with Crippen molar-refractivity contribution in [1.82, 2.24) is 0 Å². The van der Waals surface area contributed by atoms with E-state index >= 15 is 0 Å². The summed E-state index contributed by atoms with van der Waals surface area (Å²) in [6.07, 6.45) is 4.79. The van der Waals surface area contributed by atoms with Gasteiger partial charge in [0.2, 0.25) is 11.7 Å². The highest BCUT2D eigenvalue weighted by molar-refractivity contribution is 6.10. The summed E-state index contributed by atoms with van der Waals surface area (Å²) >= 11 is 0. The van der Waals surface area contributed by atoms with Crippen LogP contribution in [-0.4, -0.2) is 11.8 Å². The number of amides is 2. The predicted octanol–water partition coefficient (Wildman–Crippen LogP) is 3.96. The van der Waals surface area contributed by atoms with Crippen LogP contribution in [0.3, 0.4) is 0 Å². The van der Waals surface area contributed by atoms with Crippen LogP contribution < -0.4 is 11.1 Å². The highest BCUT2D eigenvalue weighted by atomic mass is 16.3. The summed E-state index contributed by atoms with van der Waals surface area (Å²) in [4.78, 5) is 23.8. The Balaban J connectivity index is 1.67. The highest BCUT2D eigenvalue weighted by Gasteiger charge is 2.19. The molecule has 3 aromatic rings. The Hall–Kier alpha value is -3.34. The Labute approximate surface area is 145 Å². The number of furan rings is 1. The molecule has 0 saturated carbocycles. The maximum Gasteiger partial charge on any atom is 0.286 e.